The van der Waals surface area contributed by atoms with Crippen molar-refractivity contribution in [2.24, 2.45) is 0 Å². The lowest BCUT2D eigenvalue weighted by Gasteiger charge is -2.14. The van der Waals surface area contributed by atoms with E-state index in [1.54, 1.807) is 0 Å². The molecule has 0 aliphatic heterocycles. The van der Waals surface area contributed by atoms with Gasteiger partial charge in [-0.05, 0) is 47.0 Å². The van der Waals surface area contributed by atoms with Crippen LogP contribution in [0, 0.1) is 0 Å². The van der Waals surface area contributed by atoms with Gasteiger partial charge in [-0.2, -0.15) is 0 Å². The van der Waals surface area contributed by atoms with E-state index >= 15 is 0 Å². The largest absolute Gasteiger partial charge is 0.369 e. The summed E-state index contributed by atoms with van der Waals surface area (Å²) in [5.41, 5.74) is 2.40. The molecule has 0 spiro atoms. The Kier molecular flexibility index (Phi) is 4.37. The highest BCUT2D eigenvalue weighted by atomic mass is 79.9. The second-order valence-electron chi connectivity index (χ2n) is 5.19. The van der Waals surface area contributed by atoms with Crippen LogP contribution in [0.15, 0.2) is 71.2 Å². The lowest BCUT2D eigenvalue weighted by atomic mass is 10.0. The quantitative estimate of drug-likeness (QED) is 0.576. The van der Waals surface area contributed by atoms with Crippen LogP contribution in [0.25, 0.3) is 10.8 Å². The van der Waals surface area contributed by atoms with E-state index in [0.29, 0.717) is 6.61 Å². The second kappa shape index (κ2) is 6.42. The third kappa shape index (κ3) is 3.52. The standard InChI is InChI=1S/C19H17BrO/c1-14(21-13-15-6-10-19(20)11-7-15)17-9-8-16-4-2-3-5-18(16)12-17/h2-12,14H,13H2,1H3. The van der Waals surface area contributed by atoms with E-state index in [1.165, 1.54) is 21.9 Å². The molecular weight excluding hydrogens is 324 g/mol. The van der Waals surface area contributed by atoms with E-state index in [9.17, 15) is 0 Å². The zero-order chi connectivity index (χ0) is 14.7. The normalized spacial score (nSPS) is 12.5. The summed E-state index contributed by atoms with van der Waals surface area (Å²) in [6.45, 7) is 2.73. The maximum atomic E-state index is 5.99. The number of hydrogen-bond donors (Lipinski definition) is 0. The molecule has 0 fully saturated rings. The van der Waals surface area contributed by atoms with Crippen LogP contribution in [0.3, 0.4) is 0 Å². The minimum atomic E-state index is 0.0817. The smallest absolute Gasteiger partial charge is 0.0801 e. The Hall–Kier alpha value is -1.64. The molecule has 0 radical (unpaired) electrons. The van der Waals surface area contributed by atoms with Crippen molar-refractivity contribution in [1.29, 1.82) is 0 Å². The Balaban J connectivity index is 1.71. The minimum Gasteiger partial charge on any atom is -0.369 e. The first-order chi connectivity index (χ1) is 10.2. The van der Waals surface area contributed by atoms with E-state index in [2.05, 4.69) is 77.5 Å². The maximum absolute atomic E-state index is 5.99. The fraction of sp³-hybridized carbons (Fsp3) is 0.158. The van der Waals surface area contributed by atoms with Gasteiger partial charge in [0.2, 0.25) is 0 Å². The van der Waals surface area contributed by atoms with Crippen LogP contribution in [0.2, 0.25) is 0 Å². The van der Waals surface area contributed by atoms with Gasteiger partial charge in [0.05, 0.1) is 12.7 Å². The van der Waals surface area contributed by atoms with E-state index in [1.807, 2.05) is 12.1 Å². The predicted molar refractivity (Wildman–Crippen MR) is 91.3 cm³/mol. The fourth-order valence-electron chi connectivity index (χ4n) is 2.36. The van der Waals surface area contributed by atoms with Crippen LogP contribution in [-0.4, -0.2) is 0 Å². The summed E-state index contributed by atoms with van der Waals surface area (Å²) < 4.78 is 7.08. The van der Waals surface area contributed by atoms with Crippen molar-refractivity contribution in [3.8, 4) is 0 Å². The molecule has 0 bridgehead atoms. The molecule has 1 atom stereocenters. The monoisotopic (exact) mass is 340 g/mol. The second-order valence-corrected chi connectivity index (χ2v) is 6.10. The van der Waals surface area contributed by atoms with Crippen molar-refractivity contribution >= 4 is 26.7 Å². The molecular formula is C19H17BrO. The average Bonchev–Trinajstić information content (AvgIpc) is 2.53. The number of hydrogen-bond acceptors (Lipinski definition) is 1. The molecule has 0 aliphatic rings. The SMILES string of the molecule is CC(OCc1ccc(Br)cc1)c1ccc2ccccc2c1. The Morgan fingerprint density at radius 2 is 1.62 bits per heavy atom. The van der Waals surface area contributed by atoms with Crippen molar-refractivity contribution in [1.82, 2.24) is 0 Å². The van der Waals surface area contributed by atoms with Crippen molar-refractivity contribution in [3.05, 3.63) is 82.3 Å². The zero-order valence-electron chi connectivity index (χ0n) is 11.9. The highest BCUT2D eigenvalue weighted by Crippen LogP contribution is 2.23. The van der Waals surface area contributed by atoms with E-state index < -0.39 is 0 Å². The van der Waals surface area contributed by atoms with Crippen molar-refractivity contribution in [2.45, 2.75) is 19.6 Å². The van der Waals surface area contributed by atoms with Gasteiger partial charge in [0.25, 0.3) is 0 Å². The highest BCUT2D eigenvalue weighted by molar-refractivity contribution is 9.10. The molecule has 0 aromatic heterocycles. The third-order valence-electron chi connectivity index (χ3n) is 3.66. The van der Waals surface area contributed by atoms with Gasteiger partial charge < -0.3 is 4.74 Å². The predicted octanol–water partition coefficient (Wildman–Crippen LogP) is 5.88. The van der Waals surface area contributed by atoms with Gasteiger partial charge in [-0.15, -0.1) is 0 Å². The summed E-state index contributed by atoms with van der Waals surface area (Å²) in [4.78, 5) is 0. The van der Waals surface area contributed by atoms with Gasteiger partial charge in [-0.1, -0.05) is 64.5 Å². The molecule has 3 aromatic rings. The molecule has 106 valence electrons. The van der Waals surface area contributed by atoms with Gasteiger partial charge in [0, 0.05) is 4.47 Å². The molecule has 0 saturated carbocycles. The molecule has 1 unspecified atom stereocenters. The molecule has 0 N–H and O–H groups in total. The lowest BCUT2D eigenvalue weighted by molar-refractivity contribution is 0.0526. The van der Waals surface area contributed by atoms with E-state index in [0.717, 1.165) is 4.47 Å². The summed E-state index contributed by atoms with van der Waals surface area (Å²) in [6, 6.07) is 23.2. The number of benzene rings is 3. The Labute approximate surface area is 133 Å². The fourth-order valence-corrected chi connectivity index (χ4v) is 2.62. The van der Waals surface area contributed by atoms with Crippen LogP contribution >= 0.6 is 15.9 Å². The van der Waals surface area contributed by atoms with Crippen molar-refractivity contribution < 1.29 is 4.74 Å². The first-order valence-corrected chi connectivity index (χ1v) is 7.86. The van der Waals surface area contributed by atoms with Gasteiger partial charge in [0.15, 0.2) is 0 Å². The van der Waals surface area contributed by atoms with Crippen LogP contribution in [-0.2, 0) is 11.3 Å². The van der Waals surface area contributed by atoms with Crippen LogP contribution in [0.5, 0.6) is 0 Å². The van der Waals surface area contributed by atoms with Crippen LogP contribution in [0.4, 0.5) is 0 Å². The van der Waals surface area contributed by atoms with Crippen LogP contribution in [0.1, 0.15) is 24.2 Å². The van der Waals surface area contributed by atoms with Gasteiger partial charge in [-0.3, -0.25) is 0 Å². The highest BCUT2D eigenvalue weighted by Gasteiger charge is 2.07. The molecule has 2 heteroatoms. The molecule has 3 aromatic carbocycles. The van der Waals surface area contributed by atoms with Gasteiger partial charge in [0.1, 0.15) is 0 Å². The summed E-state index contributed by atoms with van der Waals surface area (Å²) >= 11 is 3.44. The van der Waals surface area contributed by atoms with Crippen molar-refractivity contribution in [3.63, 3.8) is 0 Å². The molecule has 0 amide bonds. The topological polar surface area (TPSA) is 9.23 Å². The third-order valence-corrected chi connectivity index (χ3v) is 4.18. The van der Waals surface area contributed by atoms with Crippen molar-refractivity contribution in [2.75, 3.05) is 0 Å². The minimum absolute atomic E-state index is 0.0817. The average molecular weight is 341 g/mol. The number of rotatable bonds is 4. The summed E-state index contributed by atoms with van der Waals surface area (Å²) in [5, 5.41) is 2.52. The molecule has 0 aliphatic carbocycles. The number of fused-ring (bicyclic) bond motifs is 1. The zero-order valence-corrected chi connectivity index (χ0v) is 13.5. The molecule has 1 nitrogen and oxygen atoms in total. The Bertz CT molecular complexity index is 734. The number of ether oxygens (including phenoxy) is 1. The summed E-state index contributed by atoms with van der Waals surface area (Å²) in [6.07, 6.45) is 0.0817. The molecule has 21 heavy (non-hydrogen) atoms. The van der Waals surface area contributed by atoms with E-state index in [4.69, 9.17) is 4.74 Å². The van der Waals surface area contributed by atoms with E-state index in [-0.39, 0.29) is 6.10 Å². The van der Waals surface area contributed by atoms with Crippen LogP contribution < -0.4 is 0 Å². The summed E-state index contributed by atoms with van der Waals surface area (Å²) in [5.74, 6) is 0. The first kappa shape index (κ1) is 14.3. The first-order valence-electron chi connectivity index (χ1n) is 7.07. The molecule has 0 saturated heterocycles. The van der Waals surface area contributed by atoms with Gasteiger partial charge in [-0.25, -0.2) is 0 Å². The lowest BCUT2D eigenvalue weighted by Crippen LogP contribution is -2.00. The molecule has 3 rings (SSSR count). The Morgan fingerprint density at radius 3 is 2.38 bits per heavy atom. The number of halogens is 1. The molecule has 0 heterocycles. The maximum Gasteiger partial charge on any atom is 0.0801 e. The van der Waals surface area contributed by atoms with Gasteiger partial charge >= 0.3 is 0 Å². The summed E-state index contributed by atoms with van der Waals surface area (Å²) in [7, 11) is 0. The Morgan fingerprint density at radius 1 is 0.905 bits per heavy atom.